The number of thiazole rings is 1. The number of aromatic amines is 1. The fourth-order valence-corrected chi connectivity index (χ4v) is 5.35. The van der Waals surface area contributed by atoms with Gasteiger partial charge in [-0.1, -0.05) is 6.07 Å². The number of H-pyrrole nitrogens is 1. The van der Waals surface area contributed by atoms with Crippen LogP contribution in [0.25, 0.3) is 10.4 Å². The monoisotopic (exact) mass is 518 g/mol. The molecule has 188 valence electrons. The van der Waals surface area contributed by atoms with Crippen molar-refractivity contribution in [1.82, 2.24) is 25.1 Å². The van der Waals surface area contributed by atoms with Crippen LogP contribution in [0, 0.1) is 6.92 Å². The molecule has 3 heterocycles. The molecule has 36 heavy (non-hydrogen) atoms. The third-order valence-corrected chi connectivity index (χ3v) is 7.32. The Morgan fingerprint density at radius 1 is 1.22 bits per heavy atom. The number of nitrogens with one attached hydrogen (secondary N) is 2. The molecule has 0 amide bonds. The van der Waals surface area contributed by atoms with E-state index in [0.717, 1.165) is 28.3 Å². The van der Waals surface area contributed by atoms with Gasteiger partial charge in [0.2, 0.25) is 11.8 Å². The number of benzene rings is 1. The highest BCUT2D eigenvalue weighted by Gasteiger charge is 2.39. The first kappa shape index (κ1) is 24.1. The van der Waals surface area contributed by atoms with Gasteiger partial charge in [-0.05, 0) is 61.9 Å². The lowest BCUT2D eigenvalue weighted by molar-refractivity contribution is -0.141. The van der Waals surface area contributed by atoms with Crippen molar-refractivity contribution >= 4 is 23.0 Å². The molecule has 1 aliphatic rings. The predicted octanol–water partition coefficient (Wildman–Crippen LogP) is 4.89. The van der Waals surface area contributed by atoms with Gasteiger partial charge in [-0.2, -0.15) is 13.2 Å². The van der Waals surface area contributed by atoms with Gasteiger partial charge >= 0.3 is 11.9 Å². The van der Waals surface area contributed by atoms with Gasteiger partial charge in [-0.15, -0.1) is 16.4 Å². The molecular formula is C23H21F3N6O3S. The summed E-state index contributed by atoms with van der Waals surface area (Å²) in [4.78, 5) is 23.9. The van der Waals surface area contributed by atoms with Crippen molar-refractivity contribution < 1.29 is 22.7 Å². The molecular weight excluding hydrogens is 497 g/mol. The molecule has 1 aliphatic carbocycles. The van der Waals surface area contributed by atoms with Gasteiger partial charge in [0.05, 0.1) is 4.88 Å². The number of hydrogen-bond acceptors (Lipinski definition) is 9. The normalized spacial score (nSPS) is 20.4. The number of anilines is 2. The Bertz CT molecular complexity index is 1440. The van der Waals surface area contributed by atoms with Crippen molar-refractivity contribution in [2.45, 2.75) is 50.3 Å². The number of aliphatic hydroxyl groups is 1. The predicted molar refractivity (Wildman–Crippen MR) is 125 cm³/mol. The second-order valence-electron chi connectivity index (χ2n) is 8.76. The zero-order valence-electron chi connectivity index (χ0n) is 19.0. The fourth-order valence-electron chi connectivity index (χ4n) is 4.30. The van der Waals surface area contributed by atoms with E-state index in [2.05, 4.69) is 30.5 Å². The molecule has 0 spiro atoms. The van der Waals surface area contributed by atoms with Crippen molar-refractivity contribution in [3.8, 4) is 10.4 Å². The molecule has 5 rings (SSSR count). The van der Waals surface area contributed by atoms with Gasteiger partial charge < -0.3 is 14.8 Å². The van der Waals surface area contributed by atoms with Crippen LogP contribution in [0.1, 0.15) is 53.8 Å². The van der Waals surface area contributed by atoms with E-state index in [1.807, 2.05) is 13.0 Å². The second kappa shape index (κ2) is 9.13. The zero-order chi connectivity index (χ0) is 25.5. The summed E-state index contributed by atoms with van der Waals surface area (Å²) in [6, 6.07) is 6.29. The summed E-state index contributed by atoms with van der Waals surface area (Å²) in [6.45, 7) is 1.87. The number of aryl methyl sites for hydroxylation is 1. The molecule has 1 saturated carbocycles. The van der Waals surface area contributed by atoms with Crippen LogP contribution in [0.15, 0.2) is 45.9 Å². The number of rotatable bonds is 5. The van der Waals surface area contributed by atoms with Gasteiger partial charge in [0.1, 0.15) is 16.3 Å². The van der Waals surface area contributed by atoms with Crippen LogP contribution in [0.5, 0.6) is 0 Å². The molecule has 0 saturated heterocycles. The molecule has 1 aromatic carbocycles. The Labute approximate surface area is 206 Å². The fraction of sp³-hybridized carbons (Fsp3) is 0.348. The molecule has 13 heteroatoms. The van der Waals surface area contributed by atoms with Crippen molar-refractivity contribution in [1.29, 1.82) is 0 Å². The summed E-state index contributed by atoms with van der Waals surface area (Å²) in [6.07, 6.45) is 0.226. The summed E-state index contributed by atoms with van der Waals surface area (Å²) in [5.74, 6) is -0.453. The van der Waals surface area contributed by atoms with Crippen LogP contribution in [-0.4, -0.2) is 30.3 Å². The zero-order valence-corrected chi connectivity index (χ0v) is 19.8. The first-order chi connectivity index (χ1) is 17.1. The quantitative estimate of drug-likeness (QED) is 0.340. The van der Waals surface area contributed by atoms with Crippen molar-refractivity contribution in [2.75, 3.05) is 5.32 Å². The molecule has 9 nitrogen and oxygen atoms in total. The third kappa shape index (κ3) is 5.02. The summed E-state index contributed by atoms with van der Waals surface area (Å²) in [7, 11) is 0. The second-order valence-corrected chi connectivity index (χ2v) is 9.79. The topological polar surface area (TPSA) is 130 Å². The largest absolute Gasteiger partial charge is 0.434 e. The molecule has 0 atom stereocenters. The van der Waals surface area contributed by atoms with Crippen molar-refractivity contribution in [3.63, 3.8) is 0 Å². The minimum absolute atomic E-state index is 0.0490. The molecule has 0 unspecified atom stereocenters. The number of alkyl halides is 3. The summed E-state index contributed by atoms with van der Waals surface area (Å²) in [5.41, 5.74) is 0.0593. The average molecular weight is 519 g/mol. The number of hydrogen-bond donors (Lipinski definition) is 3. The Morgan fingerprint density at radius 2 is 2.00 bits per heavy atom. The standard InChI is InChI=1S/C23H21F3N6O3S/c1-12-8-14(10-15(9-12)29-20-27-7-4-17(30-20)23(24,25)26)16-11-28-19(36-16)22(34)5-2-13(3-6-22)18-31-32-21(33)35-18/h4,7-11,13,34H,2-3,5-6H2,1H3,(H,32,33)(H,27,29,30)/t13-,22+. The molecule has 0 bridgehead atoms. The molecule has 3 N–H and O–H groups in total. The van der Waals surface area contributed by atoms with Crippen LogP contribution in [0.3, 0.4) is 0 Å². The summed E-state index contributed by atoms with van der Waals surface area (Å²) >= 11 is 1.36. The van der Waals surface area contributed by atoms with Gasteiger partial charge in [-0.25, -0.2) is 24.8 Å². The molecule has 0 radical (unpaired) electrons. The van der Waals surface area contributed by atoms with Crippen LogP contribution in [-0.2, 0) is 11.8 Å². The van der Waals surface area contributed by atoms with E-state index in [1.165, 1.54) is 11.3 Å². The first-order valence-electron chi connectivity index (χ1n) is 11.1. The Kier molecular flexibility index (Phi) is 6.12. The third-order valence-electron chi connectivity index (χ3n) is 6.08. The maximum Gasteiger partial charge on any atom is 0.434 e. The Balaban J connectivity index is 1.34. The lowest BCUT2D eigenvalue weighted by Crippen LogP contribution is -2.30. The van der Waals surface area contributed by atoms with E-state index in [-0.39, 0.29) is 11.9 Å². The van der Waals surface area contributed by atoms with Gasteiger partial charge in [0, 0.05) is 24.0 Å². The van der Waals surface area contributed by atoms with Gasteiger partial charge in [-0.3, -0.25) is 0 Å². The lowest BCUT2D eigenvalue weighted by atomic mass is 9.79. The minimum atomic E-state index is -4.57. The SMILES string of the molecule is Cc1cc(Nc2nccc(C(F)(F)F)n2)cc(-c2cnc([C@]3(O)CC[C@@H](c4n[nH]c(=O)o4)CC3)s2)c1. The molecule has 4 aromatic rings. The molecule has 3 aromatic heterocycles. The van der Waals surface area contributed by atoms with Crippen LogP contribution >= 0.6 is 11.3 Å². The summed E-state index contributed by atoms with van der Waals surface area (Å²) in [5, 5.41) is 20.9. The summed E-state index contributed by atoms with van der Waals surface area (Å²) < 4.78 is 44.0. The van der Waals surface area contributed by atoms with E-state index in [4.69, 9.17) is 4.42 Å². The minimum Gasteiger partial charge on any atom is -0.392 e. The lowest BCUT2D eigenvalue weighted by Gasteiger charge is -2.33. The van der Waals surface area contributed by atoms with E-state index in [0.29, 0.717) is 42.3 Å². The average Bonchev–Trinajstić information content (AvgIpc) is 3.49. The van der Waals surface area contributed by atoms with E-state index >= 15 is 0 Å². The smallest absolute Gasteiger partial charge is 0.392 e. The Morgan fingerprint density at radius 3 is 2.69 bits per heavy atom. The van der Waals surface area contributed by atoms with E-state index < -0.39 is 23.2 Å². The van der Waals surface area contributed by atoms with Crippen LogP contribution < -0.4 is 11.1 Å². The first-order valence-corrected chi connectivity index (χ1v) is 11.9. The molecule has 0 aliphatic heterocycles. The van der Waals surface area contributed by atoms with E-state index in [1.54, 1.807) is 18.3 Å². The highest BCUT2D eigenvalue weighted by atomic mass is 32.1. The van der Waals surface area contributed by atoms with Gasteiger partial charge in [0.15, 0.2) is 0 Å². The molecule has 1 fully saturated rings. The highest BCUT2D eigenvalue weighted by Crippen LogP contribution is 2.45. The Hall–Kier alpha value is -3.58. The van der Waals surface area contributed by atoms with Crippen LogP contribution in [0.4, 0.5) is 24.8 Å². The van der Waals surface area contributed by atoms with Crippen LogP contribution in [0.2, 0.25) is 0 Å². The number of nitrogens with zero attached hydrogens (tertiary/aromatic N) is 4. The highest BCUT2D eigenvalue weighted by molar-refractivity contribution is 7.15. The maximum absolute atomic E-state index is 13.0. The van der Waals surface area contributed by atoms with Crippen molar-refractivity contribution in [3.05, 3.63) is 69.4 Å². The number of halogens is 3. The van der Waals surface area contributed by atoms with Gasteiger partial charge in [0.25, 0.3) is 0 Å². The number of aromatic nitrogens is 5. The van der Waals surface area contributed by atoms with Crippen molar-refractivity contribution in [2.24, 2.45) is 0 Å². The van der Waals surface area contributed by atoms with E-state index in [9.17, 15) is 23.1 Å². The maximum atomic E-state index is 13.0.